The fraction of sp³-hybridized carbons (Fsp3) is 0.417. The van der Waals surface area contributed by atoms with E-state index in [2.05, 4.69) is 36.5 Å². The summed E-state index contributed by atoms with van der Waals surface area (Å²) in [5.74, 6) is -0.156. The van der Waals surface area contributed by atoms with Crippen LogP contribution in [-0.2, 0) is 9.53 Å². The summed E-state index contributed by atoms with van der Waals surface area (Å²) in [7, 11) is 1.44. The maximum atomic E-state index is 11.4. The van der Waals surface area contributed by atoms with Crippen molar-refractivity contribution in [3.63, 3.8) is 0 Å². The van der Waals surface area contributed by atoms with E-state index in [0.29, 0.717) is 6.54 Å². The Morgan fingerprint density at radius 1 is 1.40 bits per heavy atom. The summed E-state index contributed by atoms with van der Waals surface area (Å²) in [6.07, 6.45) is 0. The molecule has 1 aromatic rings. The van der Waals surface area contributed by atoms with Crippen molar-refractivity contribution in [2.75, 3.05) is 13.7 Å². The SMILES string of the molecule is COC(=O)C1CNC1c1ccc(C)cc1. The van der Waals surface area contributed by atoms with Gasteiger partial charge in [-0.05, 0) is 12.5 Å². The predicted octanol–water partition coefficient (Wildman–Crippen LogP) is 1.43. The molecule has 1 N–H and O–H groups in total. The molecule has 80 valence electrons. The lowest BCUT2D eigenvalue weighted by Crippen LogP contribution is -2.50. The first kappa shape index (κ1) is 10.2. The summed E-state index contributed by atoms with van der Waals surface area (Å²) in [5.41, 5.74) is 2.38. The zero-order valence-electron chi connectivity index (χ0n) is 8.99. The molecule has 2 unspecified atom stereocenters. The number of methoxy groups -OCH3 is 1. The summed E-state index contributed by atoms with van der Waals surface area (Å²) in [5, 5.41) is 3.25. The first-order chi connectivity index (χ1) is 7.22. The number of rotatable bonds is 2. The second kappa shape index (κ2) is 4.03. The molecule has 1 aliphatic rings. The van der Waals surface area contributed by atoms with Crippen LogP contribution >= 0.6 is 0 Å². The first-order valence-corrected chi connectivity index (χ1v) is 5.10. The zero-order valence-corrected chi connectivity index (χ0v) is 8.99. The van der Waals surface area contributed by atoms with Gasteiger partial charge in [0.05, 0.1) is 13.0 Å². The smallest absolute Gasteiger partial charge is 0.311 e. The molecule has 0 bridgehead atoms. The van der Waals surface area contributed by atoms with Gasteiger partial charge < -0.3 is 10.1 Å². The van der Waals surface area contributed by atoms with E-state index >= 15 is 0 Å². The third-order valence-electron chi connectivity index (χ3n) is 2.90. The monoisotopic (exact) mass is 205 g/mol. The van der Waals surface area contributed by atoms with Crippen molar-refractivity contribution in [2.45, 2.75) is 13.0 Å². The Kier molecular flexibility index (Phi) is 2.73. The van der Waals surface area contributed by atoms with Gasteiger partial charge in [0.25, 0.3) is 0 Å². The van der Waals surface area contributed by atoms with Gasteiger partial charge in [-0.3, -0.25) is 4.79 Å². The van der Waals surface area contributed by atoms with Crippen molar-refractivity contribution < 1.29 is 9.53 Å². The van der Waals surface area contributed by atoms with Gasteiger partial charge >= 0.3 is 5.97 Å². The van der Waals surface area contributed by atoms with Crippen LogP contribution < -0.4 is 5.32 Å². The minimum absolute atomic E-state index is 0.0299. The van der Waals surface area contributed by atoms with Gasteiger partial charge in [0.15, 0.2) is 0 Å². The Bertz CT molecular complexity index is 358. The maximum absolute atomic E-state index is 11.4. The van der Waals surface area contributed by atoms with E-state index in [0.717, 1.165) is 5.56 Å². The summed E-state index contributed by atoms with van der Waals surface area (Å²) >= 11 is 0. The number of benzene rings is 1. The molecule has 1 aliphatic heterocycles. The minimum Gasteiger partial charge on any atom is -0.469 e. The number of ether oxygens (including phenoxy) is 1. The number of carbonyl (C=O) groups is 1. The van der Waals surface area contributed by atoms with Crippen molar-refractivity contribution in [2.24, 2.45) is 5.92 Å². The van der Waals surface area contributed by atoms with Gasteiger partial charge in [-0.25, -0.2) is 0 Å². The number of nitrogens with one attached hydrogen (secondary N) is 1. The van der Waals surface area contributed by atoms with Crippen LogP contribution in [0.5, 0.6) is 0 Å². The molecule has 0 saturated carbocycles. The standard InChI is InChI=1S/C12H15NO2/c1-8-3-5-9(6-4-8)11-10(7-13-11)12(14)15-2/h3-6,10-11,13H,7H2,1-2H3. The van der Waals surface area contributed by atoms with Gasteiger partial charge in [0.1, 0.15) is 0 Å². The highest BCUT2D eigenvalue weighted by Gasteiger charge is 2.37. The third-order valence-corrected chi connectivity index (χ3v) is 2.90. The predicted molar refractivity (Wildman–Crippen MR) is 57.4 cm³/mol. The Balaban J connectivity index is 2.12. The van der Waals surface area contributed by atoms with Crippen LogP contribution in [0.25, 0.3) is 0 Å². The van der Waals surface area contributed by atoms with E-state index < -0.39 is 0 Å². The lowest BCUT2D eigenvalue weighted by atomic mass is 9.86. The molecule has 0 aliphatic carbocycles. The average molecular weight is 205 g/mol. The molecule has 15 heavy (non-hydrogen) atoms. The molecule has 0 radical (unpaired) electrons. The summed E-state index contributed by atoms with van der Waals surface area (Å²) in [4.78, 5) is 11.4. The summed E-state index contributed by atoms with van der Waals surface area (Å²) in [6, 6.07) is 8.36. The normalized spacial score (nSPS) is 24.4. The topological polar surface area (TPSA) is 38.3 Å². The average Bonchev–Trinajstić information content (AvgIpc) is 2.19. The van der Waals surface area contributed by atoms with Crippen molar-refractivity contribution in [3.05, 3.63) is 35.4 Å². The number of aryl methyl sites for hydroxylation is 1. The second-order valence-electron chi connectivity index (χ2n) is 3.93. The van der Waals surface area contributed by atoms with Crippen LogP contribution in [0.1, 0.15) is 17.2 Å². The molecule has 0 spiro atoms. The van der Waals surface area contributed by atoms with E-state index in [1.807, 2.05) is 0 Å². The van der Waals surface area contributed by atoms with Crippen LogP contribution in [0.3, 0.4) is 0 Å². The van der Waals surface area contributed by atoms with Crippen LogP contribution in [0.15, 0.2) is 24.3 Å². The van der Waals surface area contributed by atoms with Crippen molar-refractivity contribution in [1.29, 1.82) is 0 Å². The quantitative estimate of drug-likeness (QED) is 0.742. The van der Waals surface area contributed by atoms with Crippen molar-refractivity contribution >= 4 is 5.97 Å². The third kappa shape index (κ3) is 1.88. The van der Waals surface area contributed by atoms with E-state index in [-0.39, 0.29) is 17.9 Å². The molecule has 3 heteroatoms. The molecule has 2 atom stereocenters. The molecule has 1 saturated heterocycles. The van der Waals surface area contributed by atoms with Gasteiger partial charge in [-0.1, -0.05) is 29.8 Å². The molecule has 3 nitrogen and oxygen atoms in total. The van der Waals surface area contributed by atoms with Crippen LogP contribution in [0.4, 0.5) is 0 Å². The molecule has 1 heterocycles. The number of esters is 1. The Hall–Kier alpha value is -1.35. The lowest BCUT2D eigenvalue weighted by Gasteiger charge is -2.36. The van der Waals surface area contributed by atoms with Gasteiger partial charge in [-0.2, -0.15) is 0 Å². The summed E-state index contributed by atoms with van der Waals surface area (Å²) < 4.78 is 4.75. The number of hydrogen-bond donors (Lipinski definition) is 1. The van der Waals surface area contributed by atoms with E-state index in [1.165, 1.54) is 12.7 Å². The highest BCUT2D eigenvalue weighted by atomic mass is 16.5. The fourth-order valence-corrected chi connectivity index (χ4v) is 1.85. The molecular weight excluding hydrogens is 190 g/mol. The number of hydrogen-bond acceptors (Lipinski definition) is 3. The van der Waals surface area contributed by atoms with Crippen LogP contribution in [0.2, 0.25) is 0 Å². The van der Waals surface area contributed by atoms with Gasteiger partial charge in [0.2, 0.25) is 0 Å². The molecule has 1 fully saturated rings. The fourth-order valence-electron chi connectivity index (χ4n) is 1.85. The highest BCUT2D eigenvalue weighted by Crippen LogP contribution is 2.30. The molecule has 0 amide bonds. The van der Waals surface area contributed by atoms with E-state index in [9.17, 15) is 4.79 Å². The zero-order chi connectivity index (χ0) is 10.8. The second-order valence-corrected chi connectivity index (χ2v) is 3.93. The molecule has 1 aromatic carbocycles. The number of carbonyl (C=O) groups excluding carboxylic acids is 1. The summed E-state index contributed by atoms with van der Waals surface area (Å²) in [6.45, 7) is 2.76. The van der Waals surface area contributed by atoms with Crippen LogP contribution in [-0.4, -0.2) is 19.6 Å². The molecule has 0 aromatic heterocycles. The van der Waals surface area contributed by atoms with Gasteiger partial charge in [-0.15, -0.1) is 0 Å². The van der Waals surface area contributed by atoms with Crippen LogP contribution in [0, 0.1) is 12.8 Å². The largest absolute Gasteiger partial charge is 0.469 e. The van der Waals surface area contributed by atoms with Gasteiger partial charge in [0, 0.05) is 12.6 Å². The minimum atomic E-state index is -0.126. The molecule has 2 rings (SSSR count). The Morgan fingerprint density at radius 3 is 2.53 bits per heavy atom. The van der Waals surface area contributed by atoms with E-state index in [4.69, 9.17) is 4.74 Å². The molecular formula is C12H15NO2. The first-order valence-electron chi connectivity index (χ1n) is 5.10. The Labute approximate surface area is 89.4 Å². The van der Waals surface area contributed by atoms with E-state index in [1.54, 1.807) is 0 Å². The van der Waals surface area contributed by atoms with Crippen molar-refractivity contribution in [1.82, 2.24) is 5.32 Å². The lowest BCUT2D eigenvalue weighted by molar-refractivity contribution is -0.149. The maximum Gasteiger partial charge on any atom is 0.311 e. The Morgan fingerprint density at radius 2 is 2.07 bits per heavy atom. The highest BCUT2D eigenvalue weighted by molar-refractivity contribution is 5.75. The van der Waals surface area contributed by atoms with Crippen molar-refractivity contribution in [3.8, 4) is 0 Å².